The summed E-state index contributed by atoms with van der Waals surface area (Å²) >= 11 is 0. The van der Waals surface area contributed by atoms with Crippen molar-refractivity contribution >= 4 is 48.5 Å². The van der Waals surface area contributed by atoms with Gasteiger partial charge in [0.2, 0.25) is 6.41 Å². The SMILES string of the molecule is CNC=O.CP(C)c1cccc(CN2C[CH-]C2)n1.[CH-]=C(/C=C\[CH2-])c1cccc(N/C(=C/C(N)=NC(=O)C2CC2)C(C)=N)c1OC.[K+]. The molecule has 12 heteroatoms. The fraction of sp³-hybridized carbons (Fsp3) is 0.324. The Bertz CT molecular complexity index is 1420. The molecule has 1 aromatic carbocycles. The molecule has 0 atom stereocenters. The number of likely N-dealkylation sites (tertiary alicyclic amines) is 1. The van der Waals surface area contributed by atoms with E-state index >= 15 is 0 Å². The van der Waals surface area contributed by atoms with Crippen molar-refractivity contribution in [3.63, 3.8) is 0 Å². The first-order chi connectivity index (χ1) is 21.5. The number of hydrogen-bond donors (Lipinski definition) is 4. The van der Waals surface area contributed by atoms with Crippen molar-refractivity contribution < 1.29 is 65.7 Å². The maximum Gasteiger partial charge on any atom is 1.00 e. The number of nitrogens with zero attached hydrogens (tertiary/aromatic N) is 3. The fourth-order valence-corrected chi connectivity index (χ4v) is 4.60. The molecule has 242 valence electrons. The van der Waals surface area contributed by atoms with Crippen LogP contribution in [0, 0.1) is 31.3 Å². The molecule has 4 rings (SSSR count). The molecule has 1 saturated heterocycles. The molecule has 1 aromatic heterocycles. The average molecular weight is 670 g/mol. The van der Waals surface area contributed by atoms with Crippen LogP contribution in [0.15, 0.2) is 65.3 Å². The minimum Gasteiger partial charge on any atom is -0.507 e. The number of pyridine rings is 1. The number of nitrogens with two attached hydrogens (primary N) is 1. The van der Waals surface area contributed by atoms with Gasteiger partial charge in [-0.2, -0.15) is 4.99 Å². The number of rotatable bonds is 12. The number of carbonyl (C=O) groups is 2. The molecule has 10 nitrogen and oxygen atoms in total. The number of anilines is 1. The number of aliphatic imine (C=N–C) groups is 1. The Morgan fingerprint density at radius 3 is 2.43 bits per heavy atom. The second kappa shape index (κ2) is 22.0. The molecule has 2 heterocycles. The molecular weight excluding hydrogens is 624 g/mol. The normalized spacial score (nSPS) is 14.4. The number of ether oxygens (including phenoxy) is 1. The summed E-state index contributed by atoms with van der Waals surface area (Å²) in [6.45, 7) is 19.1. The topological polar surface area (TPSA) is 146 Å². The first-order valence-corrected chi connectivity index (χ1v) is 16.7. The van der Waals surface area contributed by atoms with Gasteiger partial charge in [-0.1, -0.05) is 25.6 Å². The number of allylic oxidation sites excluding steroid dienone is 4. The Hall–Kier alpha value is -2.63. The van der Waals surface area contributed by atoms with Crippen molar-refractivity contribution in [3.05, 3.63) is 91.5 Å². The summed E-state index contributed by atoms with van der Waals surface area (Å²) in [6, 6.07) is 11.8. The smallest absolute Gasteiger partial charge is 0.507 e. The molecule has 1 aliphatic carbocycles. The maximum atomic E-state index is 11.8. The van der Waals surface area contributed by atoms with Crippen molar-refractivity contribution in [1.29, 1.82) is 5.41 Å². The van der Waals surface area contributed by atoms with Crippen LogP contribution in [-0.4, -0.2) is 74.3 Å². The van der Waals surface area contributed by atoms with Crippen LogP contribution in [0.2, 0.25) is 0 Å². The Labute approximate surface area is 318 Å². The predicted molar refractivity (Wildman–Crippen MR) is 187 cm³/mol. The number of benzene rings is 1. The van der Waals surface area contributed by atoms with Crippen LogP contribution < -0.4 is 77.9 Å². The van der Waals surface area contributed by atoms with Crippen LogP contribution in [-0.2, 0) is 16.1 Å². The van der Waals surface area contributed by atoms with Crippen LogP contribution in [0.5, 0.6) is 5.75 Å². The number of carbonyl (C=O) groups excluding carboxylic acids is 2. The largest absolute Gasteiger partial charge is 1.00 e. The molecule has 2 aliphatic rings. The number of amidine groups is 1. The number of nitrogens with one attached hydrogen (secondary N) is 3. The Morgan fingerprint density at radius 1 is 1.28 bits per heavy atom. The van der Waals surface area contributed by atoms with Crippen LogP contribution in [0.4, 0.5) is 5.69 Å². The zero-order valence-electron chi connectivity index (χ0n) is 27.8. The first kappa shape index (κ1) is 41.4. The second-order valence-electron chi connectivity index (χ2n) is 10.5. The van der Waals surface area contributed by atoms with Gasteiger partial charge in [0.05, 0.1) is 41.1 Å². The maximum absolute atomic E-state index is 11.8. The molecule has 5 N–H and O–H groups in total. The van der Waals surface area contributed by atoms with E-state index in [4.69, 9.17) is 27.3 Å². The summed E-state index contributed by atoms with van der Waals surface area (Å²) in [5.74, 6) is 0.352. The number of para-hydroxylation sites is 1. The first-order valence-electron chi connectivity index (χ1n) is 14.5. The molecule has 0 unspecified atom stereocenters. The third kappa shape index (κ3) is 14.4. The molecule has 2 amide bonds. The van der Waals surface area contributed by atoms with Crippen molar-refractivity contribution in [1.82, 2.24) is 15.2 Å². The van der Waals surface area contributed by atoms with Gasteiger partial charge in [-0.3, -0.25) is 14.6 Å². The van der Waals surface area contributed by atoms with E-state index in [9.17, 15) is 4.79 Å². The summed E-state index contributed by atoms with van der Waals surface area (Å²) in [5.41, 5.74) is 10.8. The van der Waals surface area contributed by atoms with Gasteiger partial charge in [0.1, 0.15) is 5.84 Å². The average Bonchev–Trinajstić information content (AvgIpc) is 3.85. The van der Waals surface area contributed by atoms with Crippen molar-refractivity contribution in [2.24, 2.45) is 16.6 Å². The van der Waals surface area contributed by atoms with Gasteiger partial charge >= 0.3 is 51.4 Å². The van der Waals surface area contributed by atoms with E-state index in [-0.39, 0.29) is 82.7 Å². The zero-order valence-corrected chi connectivity index (χ0v) is 31.9. The van der Waals surface area contributed by atoms with Crippen LogP contribution in [0.3, 0.4) is 0 Å². The predicted octanol–water partition coefficient (Wildman–Crippen LogP) is 1.37. The molecule has 1 aliphatic heterocycles. The summed E-state index contributed by atoms with van der Waals surface area (Å²) < 4.78 is 5.50. The van der Waals surface area contributed by atoms with Crippen molar-refractivity contribution in [2.75, 3.05) is 45.9 Å². The standard InChI is InChI=1S/C21H24N4O2.C11H16N2P.C2H5NO.K/c1-5-7-13(2)16-8-6-9-17(20(16)27-4)24-18(14(3)22)12-19(23)25-21(26)15-10-11-15;1-14(2)11-6-3-5-10(12-11)9-13-7-4-8-13;1-3-2-4;/h2,5-9,12,15,22,24H,1,10-11H2,3-4H3,(H2,23,25,26);3-6H,7-9H2,1-2H3;2H,1H3,(H,3,4);/q-2;-1;;+1/b7-5-,18-12+,22-14?;;;. The zero-order chi connectivity index (χ0) is 33.4. The Morgan fingerprint density at radius 2 is 1.93 bits per heavy atom. The van der Waals surface area contributed by atoms with Gasteiger partial charge in [0, 0.05) is 25.6 Å². The number of methoxy groups -OCH3 is 1. The number of aromatic nitrogens is 1. The van der Waals surface area contributed by atoms with E-state index in [1.165, 1.54) is 24.3 Å². The quantitative estimate of drug-likeness (QED) is 0.0508. The third-order valence-corrected chi connectivity index (χ3v) is 7.65. The Kier molecular flexibility index (Phi) is 19.8. The van der Waals surface area contributed by atoms with E-state index in [2.05, 4.69) is 70.4 Å². The van der Waals surface area contributed by atoms with Crippen molar-refractivity contribution in [3.8, 4) is 5.75 Å². The summed E-state index contributed by atoms with van der Waals surface area (Å²) in [5, 5.41) is 13.4. The molecular formula is C34H45KN7O3P-2. The summed E-state index contributed by atoms with van der Waals surface area (Å²) in [6.07, 6.45) is 9.37. The van der Waals surface area contributed by atoms with Gasteiger partial charge in [0.15, 0.2) is 0 Å². The van der Waals surface area contributed by atoms with Gasteiger partial charge in [0.25, 0.3) is 5.91 Å². The molecule has 46 heavy (non-hydrogen) atoms. The molecule has 2 fully saturated rings. The number of hydrogen-bond acceptors (Lipinski definition) is 7. The van der Waals surface area contributed by atoms with Crippen molar-refractivity contribution in [2.45, 2.75) is 26.3 Å². The van der Waals surface area contributed by atoms with Gasteiger partial charge in [-0.05, 0) is 51.3 Å². The van der Waals surface area contributed by atoms with E-state index < -0.39 is 0 Å². The third-order valence-electron chi connectivity index (χ3n) is 6.49. The summed E-state index contributed by atoms with van der Waals surface area (Å²) in [7, 11) is 3.04. The minimum atomic E-state index is -0.215. The van der Waals surface area contributed by atoms with Crippen LogP contribution >= 0.6 is 7.92 Å². The molecule has 0 spiro atoms. The van der Waals surface area contributed by atoms with E-state index in [1.54, 1.807) is 32.2 Å². The molecule has 0 bridgehead atoms. The Balaban J connectivity index is 0.000000463. The van der Waals surface area contributed by atoms with E-state index in [0.29, 0.717) is 34.7 Å². The molecule has 2 aromatic rings. The monoisotopic (exact) mass is 669 g/mol. The van der Waals surface area contributed by atoms with Gasteiger partial charge in [-0.25, -0.2) is 31.2 Å². The fourth-order valence-electron chi connectivity index (χ4n) is 3.89. The van der Waals surface area contributed by atoms with Gasteiger partial charge < -0.3 is 37.8 Å². The molecule has 0 radical (unpaired) electrons. The van der Waals surface area contributed by atoms with E-state index in [1.807, 2.05) is 12.1 Å². The van der Waals surface area contributed by atoms with Crippen LogP contribution in [0.25, 0.3) is 5.57 Å². The van der Waals surface area contributed by atoms with Crippen LogP contribution in [0.1, 0.15) is 31.0 Å². The minimum absolute atomic E-state index is 0. The van der Waals surface area contributed by atoms with E-state index in [0.717, 1.165) is 32.5 Å². The second-order valence-corrected chi connectivity index (χ2v) is 12.7. The molecule has 1 saturated carbocycles. The van der Waals surface area contributed by atoms with Gasteiger partial charge in [-0.15, -0.1) is 19.2 Å². The number of amides is 2. The summed E-state index contributed by atoms with van der Waals surface area (Å²) in [4.78, 5) is 31.8.